The van der Waals surface area contributed by atoms with Crippen LogP contribution in [0, 0.1) is 13.8 Å². The van der Waals surface area contributed by atoms with Crippen LogP contribution < -0.4 is 10.6 Å². The van der Waals surface area contributed by atoms with Gasteiger partial charge in [0.15, 0.2) is 0 Å². The third kappa shape index (κ3) is 4.80. The van der Waals surface area contributed by atoms with E-state index in [1.807, 2.05) is 32.0 Å². The van der Waals surface area contributed by atoms with E-state index in [0.717, 1.165) is 21.1 Å². The Balaban J connectivity index is 2.01. The van der Waals surface area contributed by atoms with Gasteiger partial charge < -0.3 is 10.6 Å². The van der Waals surface area contributed by atoms with Crippen LogP contribution in [0.25, 0.3) is 0 Å². The molecule has 134 valence electrons. The van der Waals surface area contributed by atoms with Crippen LogP contribution in [-0.2, 0) is 14.8 Å². The summed E-state index contributed by atoms with van der Waals surface area (Å²) in [5, 5.41) is 5.76. The first-order valence-electron chi connectivity index (χ1n) is 7.84. The molecule has 0 aliphatic carbocycles. The van der Waals surface area contributed by atoms with Crippen LogP contribution in [0.5, 0.6) is 0 Å². The number of nitrogens with zero attached hydrogens (tertiary/aromatic N) is 1. The summed E-state index contributed by atoms with van der Waals surface area (Å²) in [5.74, 6) is -0.205. The Hall–Kier alpha value is -2.38. The van der Waals surface area contributed by atoms with E-state index in [2.05, 4.69) is 10.6 Å². The minimum absolute atomic E-state index is 0.0401. The molecule has 0 aliphatic rings. The zero-order valence-electron chi connectivity index (χ0n) is 14.8. The molecule has 6 nitrogen and oxygen atoms in total. The molecule has 0 bridgehead atoms. The average molecular weight is 361 g/mol. The summed E-state index contributed by atoms with van der Waals surface area (Å²) in [6, 6.07) is 12.1. The maximum Gasteiger partial charge on any atom is 0.243 e. The van der Waals surface area contributed by atoms with Crippen molar-refractivity contribution in [1.29, 1.82) is 0 Å². The molecule has 1 amide bonds. The molecule has 0 atom stereocenters. The van der Waals surface area contributed by atoms with Gasteiger partial charge in [-0.3, -0.25) is 4.79 Å². The third-order valence-corrected chi connectivity index (χ3v) is 5.67. The number of nitrogens with one attached hydrogen (secondary N) is 2. The quantitative estimate of drug-likeness (QED) is 0.829. The second-order valence-electron chi connectivity index (χ2n) is 6.02. The van der Waals surface area contributed by atoms with Crippen molar-refractivity contribution >= 4 is 27.3 Å². The SMILES string of the molecule is Cc1ccc(NC(=O)CNc2cccc(S(=O)(=O)N(C)C)c2)cc1C. The van der Waals surface area contributed by atoms with E-state index >= 15 is 0 Å². The lowest BCUT2D eigenvalue weighted by Gasteiger charge is -2.13. The van der Waals surface area contributed by atoms with Crippen LogP contribution in [0.4, 0.5) is 11.4 Å². The van der Waals surface area contributed by atoms with Gasteiger partial charge in [-0.2, -0.15) is 0 Å². The van der Waals surface area contributed by atoms with Crippen LogP contribution in [0.15, 0.2) is 47.4 Å². The standard InChI is InChI=1S/C18H23N3O3S/c1-13-8-9-16(10-14(13)2)20-18(22)12-19-15-6-5-7-17(11-15)25(23,24)21(3)4/h5-11,19H,12H2,1-4H3,(H,20,22). The summed E-state index contributed by atoms with van der Waals surface area (Å²) in [7, 11) is -0.545. The summed E-state index contributed by atoms with van der Waals surface area (Å²) >= 11 is 0. The smallest absolute Gasteiger partial charge is 0.243 e. The molecule has 25 heavy (non-hydrogen) atoms. The van der Waals surface area contributed by atoms with Crippen LogP contribution in [0.1, 0.15) is 11.1 Å². The van der Waals surface area contributed by atoms with Crippen LogP contribution >= 0.6 is 0 Å². The molecule has 2 N–H and O–H groups in total. The molecule has 0 heterocycles. The lowest BCUT2D eigenvalue weighted by molar-refractivity contribution is -0.114. The van der Waals surface area contributed by atoms with Crippen LogP contribution in [0.3, 0.4) is 0 Å². The highest BCUT2D eigenvalue weighted by Gasteiger charge is 2.17. The minimum atomic E-state index is -3.50. The number of benzene rings is 2. The van der Waals surface area contributed by atoms with Crippen molar-refractivity contribution in [3.63, 3.8) is 0 Å². The molecule has 0 saturated carbocycles. The summed E-state index contributed by atoms with van der Waals surface area (Å²) in [4.78, 5) is 12.2. The van der Waals surface area contributed by atoms with E-state index in [0.29, 0.717) is 5.69 Å². The molecule has 0 spiro atoms. The van der Waals surface area contributed by atoms with E-state index in [1.165, 1.54) is 26.2 Å². The highest BCUT2D eigenvalue weighted by atomic mass is 32.2. The first-order chi connectivity index (χ1) is 11.7. The van der Waals surface area contributed by atoms with Crippen molar-refractivity contribution < 1.29 is 13.2 Å². The van der Waals surface area contributed by atoms with E-state index in [9.17, 15) is 13.2 Å². The Morgan fingerprint density at radius 2 is 1.72 bits per heavy atom. The number of amides is 1. The fraction of sp³-hybridized carbons (Fsp3) is 0.278. The first kappa shape index (κ1) is 19.0. The number of carbonyl (C=O) groups is 1. The maximum atomic E-state index is 12.1. The number of hydrogen-bond donors (Lipinski definition) is 2. The fourth-order valence-electron chi connectivity index (χ4n) is 2.18. The summed E-state index contributed by atoms with van der Waals surface area (Å²) in [5.41, 5.74) is 3.57. The topological polar surface area (TPSA) is 78.5 Å². The number of rotatable bonds is 6. The number of hydrogen-bond acceptors (Lipinski definition) is 4. The summed E-state index contributed by atoms with van der Waals surface area (Å²) in [6.07, 6.45) is 0. The molecule has 0 aromatic heterocycles. The average Bonchev–Trinajstić information content (AvgIpc) is 2.56. The molecule has 0 aliphatic heterocycles. The van der Waals surface area contributed by atoms with E-state index in [1.54, 1.807) is 12.1 Å². The second-order valence-corrected chi connectivity index (χ2v) is 8.17. The Bertz CT molecular complexity index is 877. The molecule has 0 radical (unpaired) electrons. The number of carbonyl (C=O) groups excluding carboxylic acids is 1. The molecule has 0 fully saturated rings. The lowest BCUT2D eigenvalue weighted by Crippen LogP contribution is -2.23. The Labute approximate surface area is 148 Å². The predicted octanol–water partition coefficient (Wildman–Crippen LogP) is 2.60. The monoisotopic (exact) mass is 361 g/mol. The predicted molar refractivity (Wildman–Crippen MR) is 100 cm³/mol. The maximum absolute atomic E-state index is 12.1. The number of sulfonamides is 1. The van der Waals surface area contributed by atoms with Gasteiger partial charge in [-0.25, -0.2) is 12.7 Å². The summed E-state index contributed by atoms with van der Waals surface area (Å²) < 4.78 is 25.4. The highest BCUT2D eigenvalue weighted by Crippen LogP contribution is 2.18. The van der Waals surface area contributed by atoms with Gasteiger partial charge in [0, 0.05) is 25.5 Å². The molecule has 7 heteroatoms. The molecule has 2 rings (SSSR count). The van der Waals surface area contributed by atoms with Crippen molar-refractivity contribution in [2.75, 3.05) is 31.3 Å². The Kier molecular flexibility index (Phi) is 5.81. The second kappa shape index (κ2) is 7.67. The van der Waals surface area contributed by atoms with Crippen molar-refractivity contribution in [2.24, 2.45) is 0 Å². The normalized spacial score (nSPS) is 11.4. The third-order valence-electron chi connectivity index (χ3n) is 3.86. The molecule has 2 aromatic carbocycles. The largest absolute Gasteiger partial charge is 0.376 e. The van der Waals surface area contributed by atoms with Gasteiger partial charge in [0.05, 0.1) is 11.4 Å². The van der Waals surface area contributed by atoms with Gasteiger partial charge in [-0.1, -0.05) is 12.1 Å². The number of aryl methyl sites for hydroxylation is 2. The lowest BCUT2D eigenvalue weighted by atomic mass is 10.1. The van der Waals surface area contributed by atoms with Crippen molar-refractivity contribution in [2.45, 2.75) is 18.7 Å². The Morgan fingerprint density at radius 3 is 2.36 bits per heavy atom. The summed E-state index contributed by atoms with van der Waals surface area (Å²) in [6.45, 7) is 4.04. The number of anilines is 2. The van der Waals surface area contributed by atoms with Gasteiger partial charge in [0.1, 0.15) is 0 Å². The van der Waals surface area contributed by atoms with Gasteiger partial charge in [-0.05, 0) is 55.3 Å². The molecule has 2 aromatic rings. The van der Waals surface area contributed by atoms with Gasteiger partial charge >= 0.3 is 0 Å². The van der Waals surface area contributed by atoms with E-state index < -0.39 is 10.0 Å². The van der Waals surface area contributed by atoms with Crippen molar-refractivity contribution in [3.05, 3.63) is 53.6 Å². The first-order valence-corrected chi connectivity index (χ1v) is 9.28. The van der Waals surface area contributed by atoms with E-state index in [4.69, 9.17) is 0 Å². The van der Waals surface area contributed by atoms with Crippen molar-refractivity contribution in [1.82, 2.24) is 4.31 Å². The zero-order valence-corrected chi connectivity index (χ0v) is 15.6. The molecule has 0 saturated heterocycles. The van der Waals surface area contributed by atoms with Gasteiger partial charge in [0.2, 0.25) is 15.9 Å². The fourth-order valence-corrected chi connectivity index (χ4v) is 3.13. The molecule has 0 unspecified atom stereocenters. The highest BCUT2D eigenvalue weighted by molar-refractivity contribution is 7.89. The van der Waals surface area contributed by atoms with Gasteiger partial charge in [0.25, 0.3) is 0 Å². The molecular formula is C18H23N3O3S. The minimum Gasteiger partial charge on any atom is -0.376 e. The van der Waals surface area contributed by atoms with Gasteiger partial charge in [-0.15, -0.1) is 0 Å². The Morgan fingerprint density at radius 1 is 1.00 bits per heavy atom. The van der Waals surface area contributed by atoms with Crippen LogP contribution in [0.2, 0.25) is 0 Å². The van der Waals surface area contributed by atoms with E-state index in [-0.39, 0.29) is 17.3 Å². The van der Waals surface area contributed by atoms with Crippen molar-refractivity contribution in [3.8, 4) is 0 Å². The molecular weight excluding hydrogens is 338 g/mol. The zero-order chi connectivity index (χ0) is 18.6. The van der Waals surface area contributed by atoms with Crippen LogP contribution in [-0.4, -0.2) is 39.3 Å².